The summed E-state index contributed by atoms with van der Waals surface area (Å²) in [6.45, 7) is 2.95. The minimum atomic E-state index is -4.67. The quantitative estimate of drug-likeness (QED) is 0.662. The third kappa shape index (κ3) is 4.21. The van der Waals surface area contributed by atoms with Crippen molar-refractivity contribution in [1.29, 1.82) is 0 Å². The number of fused-ring (bicyclic) bond motifs is 1. The van der Waals surface area contributed by atoms with Crippen LogP contribution in [0.4, 0.5) is 13.2 Å². The summed E-state index contributed by atoms with van der Waals surface area (Å²) in [6, 6.07) is 5.07. The summed E-state index contributed by atoms with van der Waals surface area (Å²) in [5, 5.41) is 21.0. The van der Waals surface area contributed by atoms with Crippen molar-refractivity contribution in [3.8, 4) is 0 Å². The molecule has 0 bridgehead atoms. The highest BCUT2D eigenvalue weighted by molar-refractivity contribution is 5.94. The molecular formula is C17H19F3N2O3. The van der Waals surface area contributed by atoms with Gasteiger partial charge in [-0.3, -0.25) is 4.79 Å². The summed E-state index contributed by atoms with van der Waals surface area (Å²) >= 11 is 0. The van der Waals surface area contributed by atoms with Crippen molar-refractivity contribution in [2.45, 2.75) is 26.1 Å². The fourth-order valence-electron chi connectivity index (χ4n) is 2.52. The molecule has 1 unspecified atom stereocenters. The van der Waals surface area contributed by atoms with E-state index in [1.165, 1.54) is 6.07 Å². The lowest BCUT2D eigenvalue weighted by molar-refractivity contribution is -0.136. The van der Waals surface area contributed by atoms with Crippen LogP contribution in [0.25, 0.3) is 16.5 Å². The van der Waals surface area contributed by atoms with E-state index in [4.69, 9.17) is 5.11 Å². The van der Waals surface area contributed by atoms with E-state index in [9.17, 15) is 23.1 Å². The van der Waals surface area contributed by atoms with Crippen molar-refractivity contribution < 1.29 is 23.4 Å². The average molecular weight is 356 g/mol. The van der Waals surface area contributed by atoms with Crippen LogP contribution in [0.1, 0.15) is 25.0 Å². The Bertz CT molecular complexity index is 856. The standard InChI is InChI=1S/C17H19F3N2O3/c1-9(10(2)21-7-11(24)8-23)12-4-3-5-14-16(12)13(17(18,19)20)6-15(25)22-14/h3-6,11,21,23-24H,7-8H2,1-2H3,(H,22,25)/b10-9-. The van der Waals surface area contributed by atoms with E-state index in [-0.39, 0.29) is 17.4 Å². The maximum absolute atomic E-state index is 13.4. The highest BCUT2D eigenvalue weighted by Crippen LogP contribution is 2.37. The van der Waals surface area contributed by atoms with E-state index in [0.29, 0.717) is 22.9 Å². The molecule has 25 heavy (non-hydrogen) atoms. The number of nitrogens with one attached hydrogen (secondary N) is 2. The first-order valence-corrected chi connectivity index (χ1v) is 7.59. The molecule has 2 aromatic rings. The number of H-pyrrole nitrogens is 1. The second-order valence-corrected chi connectivity index (χ2v) is 5.74. The van der Waals surface area contributed by atoms with E-state index in [0.717, 1.165) is 0 Å². The van der Waals surface area contributed by atoms with Crippen LogP contribution in [-0.2, 0) is 6.18 Å². The molecule has 0 saturated heterocycles. The van der Waals surface area contributed by atoms with Gasteiger partial charge in [-0.05, 0) is 31.1 Å². The van der Waals surface area contributed by atoms with Crippen LogP contribution in [0.15, 0.2) is 34.8 Å². The molecule has 0 spiro atoms. The molecule has 0 aliphatic rings. The fourth-order valence-corrected chi connectivity index (χ4v) is 2.52. The number of hydrogen-bond acceptors (Lipinski definition) is 4. The molecule has 136 valence electrons. The zero-order valence-corrected chi connectivity index (χ0v) is 13.7. The molecule has 0 aliphatic heterocycles. The van der Waals surface area contributed by atoms with Crippen molar-refractivity contribution in [3.63, 3.8) is 0 Å². The van der Waals surface area contributed by atoms with Crippen molar-refractivity contribution in [3.05, 3.63) is 51.4 Å². The lowest BCUT2D eigenvalue weighted by Gasteiger charge is -2.17. The fraction of sp³-hybridized carbons (Fsp3) is 0.353. The number of allylic oxidation sites excluding steroid dienone is 2. The zero-order valence-electron chi connectivity index (χ0n) is 13.7. The number of benzene rings is 1. The summed E-state index contributed by atoms with van der Waals surface area (Å²) in [5.74, 6) is 0. The second-order valence-electron chi connectivity index (χ2n) is 5.74. The van der Waals surface area contributed by atoms with Crippen LogP contribution < -0.4 is 10.9 Å². The van der Waals surface area contributed by atoms with Gasteiger partial charge in [0.05, 0.1) is 18.3 Å². The number of aliphatic hydroxyl groups is 2. The van der Waals surface area contributed by atoms with Crippen LogP contribution in [-0.4, -0.2) is 34.5 Å². The Kier molecular flexibility index (Phi) is 5.54. The first kappa shape index (κ1) is 19.0. The number of alkyl halides is 3. The third-order valence-corrected chi connectivity index (χ3v) is 3.95. The molecule has 0 radical (unpaired) electrons. The van der Waals surface area contributed by atoms with Crippen molar-refractivity contribution in [2.24, 2.45) is 0 Å². The Labute approximate surface area is 141 Å². The van der Waals surface area contributed by atoms with Crippen LogP contribution in [0.5, 0.6) is 0 Å². The second kappa shape index (κ2) is 7.28. The van der Waals surface area contributed by atoms with Gasteiger partial charge in [-0.2, -0.15) is 13.2 Å². The van der Waals surface area contributed by atoms with Gasteiger partial charge in [0.2, 0.25) is 5.56 Å². The number of hydrogen-bond donors (Lipinski definition) is 4. The molecule has 5 nitrogen and oxygen atoms in total. The molecule has 0 amide bonds. The van der Waals surface area contributed by atoms with E-state index in [1.54, 1.807) is 26.0 Å². The SMILES string of the molecule is C/C(NCC(O)CO)=C(\C)c1cccc2[nH]c(=O)cc(C(F)(F)F)c12. The molecule has 0 aliphatic carbocycles. The predicted molar refractivity (Wildman–Crippen MR) is 88.9 cm³/mol. The van der Waals surface area contributed by atoms with Crippen molar-refractivity contribution >= 4 is 16.5 Å². The van der Waals surface area contributed by atoms with Crippen LogP contribution in [0, 0.1) is 0 Å². The van der Waals surface area contributed by atoms with Crippen LogP contribution >= 0.6 is 0 Å². The van der Waals surface area contributed by atoms with E-state index >= 15 is 0 Å². The van der Waals surface area contributed by atoms with Gasteiger partial charge >= 0.3 is 6.18 Å². The van der Waals surface area contributed by atoms with Gasteiger partial charge < -0.3 is 20.5 Å². The van der Waals surface area contributed by atoms with Gasteiger partial charge in [-0.1, -0.05) is 12.1 Å². The van der Waals surface area contributed by atoms with Gasteiger partial charge in [0.25, 0.3) is 0 Å². The number of aliphatic hydroxyl groups excluding tert-OH is 2. The topological polar surface area (TPSA) is 85.3 Å². The van der Waals surface area contributed by atoms with E-state index in [2.05, 4.69) is 10.3 Å². The van der Waals surface area contributed by atoms with Gasteiger partial charge in [0.15, 0.2) is 0 Å². The van der Waals surface area contributed by atoms with Crippen molar-refractivity contribution in [2.75, 3.05) is 13.2 Å². The van der Waals surface area contributed by atoms with Crippen LogP contribution in [0.3, 0.4) is 0 Å². The molecule has 1 aromatic heterocycles. The maximum atomic E-state index is 13.4. The Morgan fingerprint density at radius 2 is 2.00 bits per heavy atom. The highest BCUT2D eigenvalue weighted by atomic mass is 19.4. The smallest absolute Gasteiger partial charge is 0.394 e. The largest absolute Gasteiger partial charge is 0.417 e. The predicted octanol–water partition coefficient (Wildman–Crippen LogP) is 2.24. The normalized spacial score (nSPS) is 14.4. The van der Waals surface area contributed by atoms with Gasteiger partial charge in [0, 0.05) is 29.2 Å². The summed E-state index contributed by atoms with van der Waals surface area (Å²) in [4.78, 5) is 14.0. The van der Waals surface area contributed by atoms with Gasteiger partial charge in [0.1, 0.15) is 0 Å². The molecule has 0 saturated carbocycles. The Balaban J connectivity index is 2.64. The third-order valence-electron chi connectivity index (χ3n) is 3.95. The first-order chi connectivity index (χ1) is 11.6. The Morgan fingerprint density at radius 1 is 1.32 bits per heavy atom. The average Bonchev–Trinajstić information content (AvgIpc) is 2.56. The summed E-state index contributed by atoms with van der Waals surface area (Å²) in [5.41, 5.74) is -0.305. The molecule has 1 aromatic carbocycles. The lowest BCUT2D eigenvalue weighted by atomic mass is 9.96. The molecule has 1 atom stereocenters. The zero-order chi connectivity index (χ0) is 18.8. The van der Waals surface area contributed by atoms with Gasteiger partial charge in [-0.15, -0.1) is 0 Å². The van der Waals surface area contributed by atoms with Gasteiger partial charge in [-0.25, -0.2) is 0 Å². The molecule has 1 heterocycles. The minimum Gasteiger partial charge on any atom is -0.394 e. The van der Waals surface area contributed by atoms with E-state index < -0.39 is 30.0 Å². The number of rotatable bonds is 5. The number of aromatic nitrogens is 1. The Morgan fingerprint density at radius 3 is 2.60 bits per heavy atom. The molecular weight excluding hydrogens is 337 g/mol. The Hall–Kier alpha value is -2.32. The van der Waals surface area contributed by atoms with E-state index in [1.807, 2.05) is 0 Å². The first-order valence-electron chi connectivity index (χ1n) is 7.59. The lowest BCUT2D eigenvalue weighted by Crippen LogP contribution is -2.28. The molecule has 8 heteroatoms. The molecule has 2 rings (SSSR count). The van der Waals surface area contributed by atoms with Crippen molar-refractivity contribution in [1.82, 2.24) is 10.3 Å². The summed E-state index contributed by atoms with van der Waals surface area (Å²) in [7, 11) is 0. The maximum Gasteiger partial charge on any atom is 0.417 e. The number of pyridine rings is 1. The monoisotopic (exact) mass is 356 g/mol. The van der Waals surface area contributed by atoms with Crippen LogP contribution in [0.2, 0.25) is 0 Å². The number of halogens is 3. The molecule has 0 fully saturated rings. The minimum absolute atomic E-state index is 0.0629. The summed E-state index contributed by atoms with van der Waals surface area (Å²) in [6.07, 6.45) is -5.64. The molecule has 4 N–H and O–H groups in total. The number of aromatic amines is 1. The summed E-state index contributed by atoms with van der Waals surface area (Å²) < 4.78 is 40.2. The highest BCUT2D eigenvalue weighted by Gasteiger charge is 2.34.